The molecular formula is C18H22N4O3. The summed E-state index contributed by atoms with van der Waals surface area (Å²) in [7, 11) is 0. The molecule has 0 saturated carbocycles. The Hall–Kier alpha value is -2.25. The molecule has 4 rings (SSSR count). The second-order valence-electron chi connectivity index (χ2n) is 6.96. The van der Waals surface area contributed by atoms with Gasteiger partial charge in [-0.25, -0.2) is 0 Å². The van der Waals surface area contributed by atoms with Gasteiger partial charge in [0.1, 0.15) is 6.04 Å². The molecule has 3 amide bonds. The fraction of sp³-hybridized carbons (Fsp3) is 0.500. The monoisotopic (exact) mass is 342 g/mol. The maximum Gasteiger partial charge on any atom is 0.255 e. The number of nitrogens with zero attached hydrogens (tertiary/aromatic N) is 1. The molecule has 7 heteroatoms. The number of hydrogen-bond acceptors (Lipinski definition) is 5. The summed E-state index contributed by atoms with van der Waals surface area (Å²) >= 11 is 0. The Labute approximate surface area is 146 Å². The first kappa shape index (κ1) is 16.2. The van der Waals surface area contributed by atoms with E-state index in [1.807, 2.05) is 12.1 Å². The Kier molecular flexibility index (Phi) is 4.27. The topological polar surface area (TPSA) is 90.5 Å². The van der Waals surface area contributed by atoms with Gasteiger partial charge in [-0.15, -0.1) is 0 Å². The highest BCUT2D eigenvalue weighted by atomic mass is 16.2. The van der Waals surface area contributed by atoms with Gasteiger partial charge in [0.05, 0.1) is 0 Å². The molecule has 7 nitrogen and oxygen atoms in total. The largest absolute Gasteiger partial charge is 0.322 e. The number of nitrogens with one attached hydrogen (secondary N) is 3. The Morgan fingerprint density at radius 1 is 1.20 bits per heavy atom. The SMILES string of the molecule is O=C1CCC(N2Cc3cc(CN[C@@H]4CCNC4)ccc3C2=O)C(=O)N1. The van der Waals surface area contributed by atoms with Crippen molar-refractivity contribution in [1.29, 1.82) is 0 Å². The molecule has 3 heterocycles. The fourth-order valence-corrected chi connectivity index (χ4v) is 3.83. The van der Waals surface area contributed by atoms with Crippen LogP contribution in [-0.4, -0.2) is 47.8 Å². The van der Waals surface area contributed by atoms with E-state index >= 15 is 0 Å². The first-order chi connectivity index (χ1) is 12.1. The van der Waals surface area contributed by atoms with Crippen molar-refractivity contribution in [3.05, 3.63) is 34.9 Å². The van der Waals surface area contributed by atoms with E-state index in [4.69, 9.17) is 0 Å². The van der Waals surface area contributed by atoms with Crippen molar-refractivity contribution < 1.29 is 14.4 Å². The zero-order chi connectivity index (χ0) is 17.4. The van der Waals surface area contributed by atoms with Gasteiger partial charge in [-0.1, -0.05) is 12.1 Å². The molecule has 0 spiro atoms. The van der Waals surface area contributed by atoms with E-state index < -0.39 is 6.04 Å². The molecule has 0 aliphatic carbocycles. The minimum atomic E-state index is -0.552. The fourth-order valence-electron chi connectivity index (χ4n) is 3.83. The Bertz CT molecular complexity index is 727. The van der Waals surface area contributed by atoms with Crippen LogP contribution in [-0.2, 0) is 22.7 Å². The lowest BCUT2D eigenvalue weighted by molar-refractivity contribution is -0.136. The quantitative estimate of drug-likeness (QED) is 0.665. The first-order valence-corrected chi connectivity index (χ1v) is 8.82. The number of benzene rings is 1. The average molecular weight is 342 g/mol. The lowest BCUT2D eigenvalue weighted by atomic mass is 10.0. The van der Waals surface area contributed by atoms with Crippen LogP contribution >= 0.6 is 0 Å². The maximum atomic E-state index is 12.6. The summed E-state index contributed by atoms with van der Waals surface area (Å²) in [6, 6.07) is 5.82. The van der Waals surface area contributed by atoms with Gasteiger partial charge < -0.3 is 15.5 Å². The third-order valence-corrected chi connectivity index (χ3v) is 5.24. The van der Waals surface area contributed by atoms with Crippen LogP contribution in [0.15, 0.2) is 18.2 Å². The number of imide groups is 1. The molecule has 1 aromatic carbocycles. The van der Waals surface area contributed by atoms with Crippen LogP contribution in [0.3, 0.4) is 0 Å². The van der Waals surface area contributed by atoms with Crippen LogP contribution in [0.4, 0.5) is 0 Å². The normalized spacial score (nSPS) is 26.1. The zero-order valence-corrected chi connectivity index (χ0v) is 14.0. The zero-order valence-electron chi connectivity index (χ0n) is 14.0. The van der Waals surface area contributed by atoms with Gasteiger partial charge in [-0.3, -0.25) is 19.7 Å². The highest BCUT2D eigenvalue weighted by Gasteiger charge is 2.39. The standard InChI is InChI=1S/C18H22N4O3/c23-16-4-3-15(17(24)21-16)22-10-12-7-11(1-2-14(12)18(22)25)8-20-13-5-6-19-9-13/h1-2,7,13,15,19-20H,3-6,8-10H2,(H,21,23,24)/t13-,15?/m1/s1. The second kappa shape index (κ2) is 6.57. The van der Waals surface area contributed by atoms with Crippen LogP contribution in [0.2, 0.25) is 0 Å². The Morgan fingerprint density at radius 2 is 2.08 bits per heavy atom. The predicted octanol–water partition coefficient (Wildman–Crippen LogP) is -0.101. The van der Waals surface area contributed by atoms with Crippen LogP contribution in [0, 0.1) is 0 Å². The van der Waals surface area contributed by atoms with Crippen molar-refractivity contribution in [2.45, 2.75) is 44.4 Å². The molecule has 1 unspecified atom stereocenters. The number of carbonyl (C=O) groups is 3. The van der Waals surface area contributed by atoms with Gasteiger partial charge in [0.15, 0.2) is 0 Å². The molecule has 2 fully saturated rings. The number of hydrogen-bond donors (Lipinski definition) is 3. The number of rotatable bonds is 4. The van der Waals surface area contributed by atoms with Gasteiger partial charge in [-0.05, 0) is 36.6 Å². The highest BCUT2D eigenvalue weighted by Crippen LogP contribution is 2.28. The van der Waals surface area contributed by atoms with Gasteiger partial charge in [0.25, 0.3) is 5.91 Å². The first-order valence-electron chi connectivity index (χ1n) is 8.82. The third-order valence-electron chi connectivity index (χ3n) is 5.24. The average Bonchev–Trinajstić information content (AvgIpc) is 3.21. The Morgan fingerprint density at radius 3 is 2.84 bits per heavy atom. The summed E-state index contributed by atoms with van der Waals surface area (Å²) in [4.78, 5) is 37.6. The summed E-state index contributed by atoms with van der Waals surface area (Å²) in [5, 5.41) is 9.18. The van der Waals surface area contributed by atoms with Crippen molar-refractivity contribution in [2.24, 2.45) is 0 Å². The van der Waals surface area contributed by atoms with E-state index in [2.05, 4.69) is 22.0 Å². The molecule has 2 saturated heterocycles. The summed E-state index contributed by atoms with van der Waals surface area (Å²) in [6.45, 7) is 3.25. The summed E-state index contributed by atoms with van der Waals surface area (Å²) < 4.78 is 0. The molecule has 1 aromatic rings. The van der Waals surface area contributed by atoms with Crippen LogP contribution < -0.4 is 16.0 Å². The van der Waals surface area contributed by atoms with Gasteiger partial charge >= 0.3 is 0 Å². The van der Waals surface area contributed by atoms with E-state index in [1.54, 1.807) is 4.90 Å². The van der Waals surface area contributed by atoms with Gasteiger partial charge in [-0.2, -0.15) is 0 Å². The van der Waals surface area contributed by atoms with Crippen molar-refractivity contribution >= 4 is 17.7 Å². The molecule has 0 bridgehead atoms. The molecule has 0 radical (unpaired) electrons. The van der Waals surface area contributed by atoms with E-state index in [9.17, 15) is 14.4 Å². The van der Waals surface area contributed by atoms with Gasteiger partial charge in [0.2, 0.25) is 11.8 Å². The third kappa shape index (κ3) is 3.17. The minimum absolute atomic E-state index is 0.121. The molecule has 0 aromatic heterocycles. The molecule has 3 aliphatic heterocycles. The lowest BCUT2D eigenvalue weighted by Gasteiger charge is -2.29. The summed E-state index contributed by atoms with van der Waals surface area (Å²) in [5.41, 5.74) is 2.76. The van der Waals surface area contributed by atoms with E-state index in [0.29, 0.717) is 24.6 Å². The van der Waals surface area contributed by atoms with Gasteiger partial charge in [0, 0.05) is 37.7 Å². The smallest absolute Gasteiger partial charge is 0.255 e. The maximum absolute atomic E-state index is 12.6. The van der Waals surface area contributed by atoms with E-state index in [-0.39, 0.29) is 24.1 Å². The summed E-state index contributed by atoms with van der Waals surface area (Å²) in [5.74, 6) is -0.753. The molecule has 2 atom stereocenters. The van der Waals surface area contributed by atoms with Crippen LogP contribution in [0.1, 0.15) is 40.7 Å². The molecule has 3 N–H and O–H groups in total. The summed E-state index contributed by atoms with van der Waals surface area (Å²) in [6.07, 6.45) is 1.81. The van der Waals surface area contributed by atoms with E-state index in [0.717, 1.165) is 37.2 Å². The predicted molar refractivity (Wildman–Crippen MR) is 90.6 cm³/mol. The van der Waals surface area contributed by atoms with Crippen LogP contribution in [0.25, 0.3) is 0 Å². The lowest BCUT2D eigenvalue weighted by Crippen LogP contribution is -2.52. The second-order valence-corrected chi connectivity index (χ2v) is 6.96. The molecule has 25 heavy (non-hydrogen) atoms. The van der Waals surface area contributed by atoms with E-state index in [1.165, 1.54) is 0 Å². The number of piperidine rings is 1. The van der Waals surface area contributed by atoms with Crippen molar-refractivity contribution in [3.63, 3.8) is 0 Å². The van der Waals surface area contributed by atoms with Crippen molar-refractivity contribution in [3.8, 4) is 0 Å². The number of fused-ring (bicyclic) bond motifs is 1. The molecule has 132 valence electrons. The number of carbonyl (C=O) groups excluding carboxylic acids is 3. The van der Waals surface area contributed by atoms with Crippen LogP contribution in [0.5, 0.6) is 0 Å². The van der Waals surface area contributed by atoms with Crippen molar-refractivity contribution in [2.75, 3.05) is 13.1 Å². The highest BCUT2D eigenvalue weighted by molar-refractivity contribution is 6.05. The number of amides is 3. The molecule has 3 aliphatic rings. The Balaban J connectivity index is 1.45. The van der Waals surface area contributed by atoms with Crippen molar-refractivity contribution in [1.82, 2.24) is 20.9 Å². The minimum Gasteiger partial charge on any atom is -0.322 e. The molecular weight excluding hydrogens is 320 g/mol.